The molecule has 6 N–H and O–H groups in total. The van der Waals surface area contributed by atoms with E-state index in [1.165, 1.54) is 17.2 Å². The number of nitrogens with zero attached hydrogens (tertiary/aromatic N) is 5. The molecule has 0 saturated carbocycles. The molecule has 3 aliphatic rings. The minimum absolute atomic E-state index is 0.00262. The van der Waals surface area contributed by atoms with Crippen LogP contribution in [0.3, 0.4) is 0 Å². The average molecular weight is 570 g/mol. The van der Waals surface area contributed by atoms with Gasteiger partial charge in [0.2, 0.25) is 0 Å². The van der Waals surface area contributed by atoms with Gasteiger partial charge in [-0.1, -0.05) is 6.42 Å². The van der Waals surface area contributed by atoms with Gasteiger partial charge in [-0.05, 0) is 31.6 Å². The first-order valence-electron chi connectivity index (χ1n) is 12.2. The van der Waals surface area contributed by atoms with Gasteiger partial charge in [0.05, 0.1) is 30.3 Å². The molecule has 0 aromatic carbocycles. The maximum atomic E-state index is 12.4. The lowest BCUT2D eigenvalue weighted by Gasteiger charge is -2.17. The first-order chi connectivity index (χ1) is 18.1. The Hall–Kier alpha value is -2.73. The average Bonchev–Trinajstić information content (AvgIpc) is 3.61. The molecule has 15 nitrogen and oxygen atoms in total. The molecule has 5 heterocycles. The molecule has 38 heavy (non-hydrogen) atoms. The van der Waals surface area contributed by atoms with Crippen molar-refractivity contribution in [2.75, 3.05) is 17.2 Å². The zero-order chi connectivity index (χ0) is 27.0. The van der Waals surface area contributed by atoms with Gasteiger partial charge in [0.15, 0.2) is 17.7 Å². The highest BCUT2D eigenvalue weighted by Crippen LogP contribution is 2.34. The lowest BCUT2D eigenvalue weighted by Crippen LogP contribution is -2.36. The predicted molar refractivity (Wildman–Crippen MR) is 135 cm³/mol. The number of amides is 2. The third-order valence-corrected chi connectivity index (χ3v) is 9.71. The minimum atomic E-state index is -4.10. The third-order valence-electron chi connectivity index (χ3n) is 6.97. The molecule has 3 aliphatic heterocycles. The third kappa shape index (κ3) is 5.51. The van der Waals surface area contributed by atoms with Gasteiger partial charge in [0, 0.05) is 11.0 Å². The lowest BCUT2D eigenvalue weighted by molar-refractivity contribution is -0.218. The highest BCUT2D eigenvalue weighted by molar-refractivity contribution is 8.00. The fourth-order valence-corrected chi connectivity index (χ4v) is 7.60. The van der Waals surface area contributed by atoms with Gasteiger partial charge in [0.25, 0.3) is 10.0 Å². The number of unbranched alkanes of at least 4 members (excludes halogenated alkanes) is 1. The van der Waals surface area contributed by atoms with Gasteiger partial charge in [-0.3, -0.25) is 4.57 Å². The summed E-state index contributed by atoms with van der Waals surface area (Å²) in [5.41, 5.74) is 6.37. The van der Waals surface area contributed by atoms with E-state index in [0.717, 1.165) is 12.2 Å². The maximum absolute atomic E-state index is 12.4. The number of fused-ring (bicyclic) bond motifs is 2. The molecule has 7 atom stereocenters. The quantitative estimate of drug-likeness (QED) is 0.0926. The highest BCUT2D eigenvalue weighted by atomic mass is 32.2. The van der Waals surface area contributed by atoms with Crippen LogP contribution in [0.25, 0.3) is 11.2 Å². The molecule has 0 unspecified atom stereocenters. The number of aliphatic hydroxyl groups excluding tert-OH is 2. The summed E-state index contributed by atoms with van der Waals surface area (Å²) in [6.07, 6.45) is -0.471. The number of rotatable bonds is 10. The molecule has 3 fully saturated rings. The molecule has 17 heteroatoms. The van der Waals surface area contributed by atoms with Crippen LogP contribution in [0.5, 0.6) is 0 Å². The lowest BCUT2D eigenvalue weighted by atomic mass is 10.0. The van der Waals surface area contributed by atoms with Crippen molar-refractivity contribution in [1.29, 1.82) is 0 Å². The van der Waals surface area contributed by atoms with Crippen LogP contribution in [0.15, 0.2) is 17.1 Å². The van der Waals surface area contributed by atoms with Crippen molar-refractivity contribution in [2.45, 2.75) is 74.0 Å². The molecule has 3 saturated heterocycles. The Morgan fingerprint density at radius 1 is 1.24 bits per heavy atom. The van der Waals surface area contributed by atoms with E-state index in [0.29, 0.717) is 24.0 Å². The molecule has 2 aromatic heterocycles. The van der Waals surface area contributed by atoms with Gasteiger partial charge >= 0.3 is 6.03 Å². The molecule has 208 valence electrons. The second-order valence-electron chi connectivity index (χ2n) is 9.56. The van der Waals surface area contributed by atoms with E-state index >= 15 is 0 Å². The number of nitrogen functional groups attached to an aromatic ring is 1. The Morgan fingerprint density at radius 2 is 2.05 bits per heavy atom. The highest BCUT2D eigenvalue weighted by Gasteiger charge is 2.45. The van der Waals surface area contributed by atoms with Gasteiger partial charge in [-0.15, -0.1) is 0 Å². The second-order valence-corrected chi connectivity index (χ2v) is 12.6. The molecular formula is C21H29N8O7S2-. The van der Waals surface area contributed by atoms with Crippen LogP contribution in [0.2, 0.25) is 0 Å². The Bertz CT molecular complexity index is 1320. The molecule has 5 rings (SSSR count). The van der Waals surface area contributed by atoms with Crippen LogP contribution in [-0.4, -0.2) is 97.2 Å². The summed E-state index contributed by atoms with van der Waals surface area (Å²) in [4.78, 5) is 23.5. The van der Waals surface area contributed by atoms with Crippen LogP contribution >= 0.6 is 11.8 Å². The number of aromatic nitrogens is 4. The first-order valence-corrected chi connectivity index (χ1v) is 14.9. The minimum Gasteiger partial charge on any atom is -0.861 e. The van der Waals surface area contributed by atoms with E-state index in [1.807, 2.05) is 0 Å². The van der Waals surface area contributed by atoms with Crippen molar-refractivity contribution in [2.24, 2.45) is 4.40 Å². The molecule has 0 radical (unpaired) electrons. The van der Waals surface area contributed by atoms with Crippen molar-refractivity contribution < 1.29 is 33.3 Å². The Kier molecular flexibility index (Phi) is 7.63. The topological polar surface area (TPSA) is 230 Å². The first kappa shape index (κ1) is 26.9. The largest absolute Gasteiger partial charge is 0.861 e. The Labute approximate surface area is 222 Å². The number of hydrogen-bond acceptors (Lipinski definition) is 12. The molecule has 0 aliphatic carbocycles. The van der Waals surface area contributed by atoms with Crippen molar-refractivity contribution in [3.05, 3.63) is 12.7 Å². The summed E-state index contributed by atoms with van der Waals surface area (Å²) in [5, 5.41) is 39.2. The van der Waals surface area contributed by atoms with E-state index in [2.05, 4.69) is 30.0 Å². The van der Waals surface area contributed by atoms with E-state index in [9.17, 15) is 28.5 Å². The van der Waals surface area contributed by atoms with Gasteiger partial charge < -0.3 is 36.4 Å². The number of ether oxygens (including phenoxy) is 1. The number of sulfonamides is 1. The number of imidazole rings is 1. The number of hydrogen-bond donors (Lipinski definition) is 5. The smallest absolute Gasteiger partial charge is 0.315 e. The molecule has 2 aromatic rings. The summed E-state index contributed by atoms with van der Waals surface area (Å²) in [5.74, 6) is -0.277. The molecular weight excluding hydrogens is 540 g/mol. The van der Waals surface area contributed by atoms with Crippen LogP contribution in [-0.2, 0) is 14.8 Å². The van der Waals surface area contributed by atoms with Crippen molar-refractivity contribution >= 4 is 50.7 Å². The predicted octanol–water partition coefficient (Wildman–Crippen LogP) is -1.77. The van der Waals surface area contributed by atoms with Crippen LogP contribution in [0, 0.1) is 0 Å². The van der Waals surface area contributed by atoms with Crippen LogP contribution in [0.1, 0.15) is 38.3 Å². The second kappa shape index (κ2) is 10.8. The zero-order valence-electron chi connectivity index (χ0n) is 20.2. The fraction of sp³-hybridized carbons (Fsp3) is 0.667. The summed E-state index contributed by atoms with van der Waals surface area (Å²) in [7, 11) is -4.10. The number of aliphatic hydroxyl groups is 2. The SMILES string of the molecule is Nc1ncnc2c1ncn2[C@@H]1O[C@H](CCS(=O)(=O)/N=C(\[O-])CCCC[C@@H]2SC[C@@H]3NC(=O)N[C@@H]32)[C@@H](O)[C@H]1O. The normalized spacial score (nSPS) is 31.5. The zero-order valence-corrected chi connectivity index (χ0v) is 21.8. The van der Waals surface area contributed by atoms with Gasteiger partial charge in [0.1, 0.15) is 24.1 Å². The maximum Gasteiger partial charge on any atom is 0.315 e. The van der Waals surface area contributed by atoms with Crippen molar-refractivity contribution in [1.82, 2.24) is 30.2 Å². The number of urea groups is 1. The Balaban J connectivity index is 1.10. The Morgan fingerprint density at radius 3 is 2.87 bits per heavy atom. The molecule has 2 amide bonds. The van der Waals surface area contributed by atoms with Gasteiger partial charge in [-0.2, -0.15) is 16.2 Å². The number of carbonyl (C=O) groups is 1. The number of thioether (sulfide) groups is 1. The standard InChI is InChI=1S/C21H30N8O7S2/c22-18-15-19(24-8-23-18)29(9-25-15)20-17(32)16(31)11(36-20)5-6-38(34,35)28-13(30)4-2-1-3-12-14-10(7-37-12)26-21(33)27-14/h8-12,14,16-17,20,31-32H,1-7H2,(H,28,30)(H2,22,23,24)(H2,26,27,33)/p-1/t10-,11+,12-,14-,16+,17+,20+/m0/s1. The summed E-state index contributed by atoms with van der Waals surface area (Å²) in [6.45, 7) is 0. The number of carbonyl (C=O) groups excluding carboxylic acids is 1. The van der Waals surface area contributed by atoms with E-state index in [4.69, 9.17) is 10.5 Å². The molecule has 0 bridgehead atoms. The number of nitrogens with one attached hydrogen (secondary N) is 2. The number of nitrogens with two attached hydrogens (primary N) is 1. The molecule has 0 spiro atoms. The fourth-order valence-electron chi connectivity index (χ4n) is 5.03. The number of anilines is 1. The van der Waals surface area contributed by atoms with Crippen molar-refractivity contribution in [3.8, 4) is 0 Å². The monoisotopic (exact) mass is 569 g/mol. The van der Waals surface area contributed by atoms with E-state index in [-0.39, 0.29) is 42.0 Å². The van der Waals surface area contributed by atoms with Crippen LogP contribution < -0.4 is 21.5 Å². The van der Waals surface area contributed by atoms with E-state index in [1.54, 1.807) is 11.8 Å². The summed E-state index contributed by atoms with van der Waals surface area (Å²) < 4.78 is 35.4. The van der Waals surface area contributed by atoms with Gasteiger partial charge in [-0.25, -0.2) is 28.2 Å². The van der Waals surface area contributed by atoms with E-state index < -0.39 is 46.2 Å². The summed E-state index contributed by atoms with van der Waals surface area (Å²) in [6, 6.07) is 0.0588. The van der Waals surface area contributed by atoms with Crippen molar-refractivity contribution in [3.63, 3.8) is 0 Å². The van der Waals surface area contributed by atoms with Crippen LogP contribution in [0.4, 0.5) is 10.6 Å². The summed E-state index contributed by atoms with van der Waals surface area (Å²) >= 11 is 1.78.